The fraction of sp³-hybridized carbons (Fsp3) is 0.882. The van der Waals surface area contributed by atoms with Crippen LogP contribution in [0.5, 0.6) is 0 Å². The quantitative estimate of drug-likeness (QED) is 0.229. The Labute approximate surface area is 267 Å². The molecule has 1 radical (unpaired) electrons. The number of hydrogen-bond acceptors (Lipinski definition) is 5. The molecule has 0 aromatic rings. The maximum absolute atomic E-state index is 14.2. The van der Waals surface area contributed by atoms with Gasteiger partial charge in [-0.1, -0.05) is 63.9 Å². The Bertz CT molecular complexity index is 890. The van der Waals surface area contributed by atoms with E-state index in [1.165, 1.54) is 6.42 Å². The fourth-order valence-corrected chi connectivity index (χ4v) is 9.12. The van der Waals surface area contributed by atoms with Gasteiger partial charge in [-0.2, -0.15) is 0 Å². The molecule has 2 aliphatic heterocycles. The van der Waals surface area contributed by atoms with Crippen LogP contribution in [-0.2, 0) is 4.79 Å². The summed E-state index contributed by atoms with van der Waals surface area (Å²) in [5.74, 6) is 2.58. The van der Waals surface area contributed by atoms with Crippen LogP contribution in [0, 0.1) is 29.6 Å². The van der Waals surface area contributed by atoms with Crippen LogP contribution < -0.4 is 10.7 Å². The molecule has 4 fully saturated rings. The first-order valence-electron chi connectivity index (χ1n) is 17.1. The Hall–Kier alpha value is -0.535. The van der Waals surface area contributed by atoms with Crippen molar-refractivity contribution in [3.63, 3.8) is 0 Å². The number of allylic oxidation sites excluding steroid dienone is 1. The molecule has 1 amide bonds. The van der Waals surface area contributed by atoms with Gasteiger partial charge in [0.05, 0.1) is 18.1 Å². The molecule has 0 spiro atoms. The molecule has 11 atom stereocenters. The number of nitrogens with zero attached hydrogens (tertiary/aromatic N) is 2. The summed E-state index contributed by atoms with van der Waals surface area (Å²) in [5, 5.41) is 17.4. The second-order valence-electron chi connectivity index (χ2n) is 13.9. The van der Waals surface area contributed by atoms with Gasteiger partial charge in [0.25, 0.3) is 0 Å². The average molecular weight is 649 g/mol. The molecule has 0 bridgehead atoms. The number of fused-ring (bicyclic) bond motifs is 1. The van der Waals surface area contributed by atoms with Crippen molar-refractivity contribution in [2.45, 2.75) is 147 Å². The van der Waals surface area contributed by atoms with Gasteiger partial charge in [0.1, 0.15) is 0 Å². The molecule has 2 heterocycles. The summed E-state index contributed by atoms with van der Waals surface area (Å²) >= 11 is 3.89. The summed E-state index contributed by atoms with van der Waals surface area (Å²) in [6, 6.07) is 1.48. The van der Waals surface area contributed by atoms with Crippen LogP contribution >= 0.6 is 15.9 Å². The second kappa shape index (κ2) is 16.7. The number of likely N-dealkylation sites (tertiary alicyclic amines) is 1. The number of rotatable bonds is 9. The van der Waals surface area contributed by atoms with Gasteiger partial charge < -0.3 is 15.3 Å². The van der Waals surface area contributed by atoms with Crippen LogP contribution in [0.15, 0.2) is 12.7 Å². The van der Waals surface area contributed by atoms with E-state index >= 15 is 0 Å². The number of aliphatic hydroxyl groups excluding tert-OH is 1. The maximum atomic E-state index is 14.2. The molecular formula is C34H61BBrN4O2. The van der Waals surface area contributed by atoms with E-state index < -0.39 is 0 Å². The zero-order valence-corrected chi connectivity index (χ0v) is 29.3. The normalized spacial score (nSPS) is 38.9. The van der Waals surface area contributed by atoms with Crippen LogP contribution in [-0.4, -0.2) is 88.1 Å². The van der Waals surface area contributed by atoms with Crippen molar-refractivity contribution in [3.8, 4) is 0 Å². The third-order valence-corrected chi connectivity index (χ3v) is 12.2. The number of hydrogen-bond donors (Lipinski definition) is 3. The molecule has 6 nitrogen and oxygen atoms in total. The third kappa shape index (κ3) is 8.18. The summed E-state index contributed by atoms with van der Waals surface area (Å²) < 4.78 is 0. The first-order valence-corrected chi connectivity index (χ1v) is 18.0. The second-order valence-corrected chi connectivity index (χ2v) is 15.1. The number of amides is 1. The standard InChI is InChI=1S/C30H55BrN4O2.C4H6B/c1-7-10-23-28-24(8-2)34(30(37)21-12-13-22(31)19(6)29(21)32-9-3)16-15-26(28)35(33-23)25-14-11-20(18(4)5)17-27(25)36;1-3-4(2)5/h18-29,32-33,36H,7-17H2,1-6H3;3H,1H2,2H3. The van der Waals surface area contributed by atoms with E-state index in [4.69, 9.17) is 7.49 Å². The number of carbonyl (C=O) groups excluding carboxylic acids is 1. The molecule has 2 saturated heterocycles. The van der Waals surface area contributed by atoms with Crippen LogP contribution in [0.3, 0.4) is 0 Å². The Morgan fingerprint density at radius 1 is 1.17 bits per heavy atom. The van der Waals surface area contributed by atoms with Gasteiger partial charge >= 0.3 is 32.5 Å². The van der Waals surface area contributed by atoms with Gasteiger partial charge in [0.2, 0.25) is 5.91 Å². The van der Waals surface area contributed by atoms with Crippen molar-refractivity contribution in [1.82, 2.24) is 20.7 Å². The Balaban J connectivity index is 0.000000892. The number of aliphatic hydroxyl groups is 1. The van der Waals surface area contributed by atoms with Gasteiger partial charge in [-0.15, -0.1) is 0 Å². The number of alkyl halides is 1. The van der Waals surface area contributed by atoms with Crippen LogP contribution in [0.25, 0.3) is 0 Å². The molecular weight excluding hydrogens is 587 g/mol. The topological polar surface area (TPSA) is 67.8 Å². The SMILES string of the molecule is CCCC1NN(C2CCC(C(C)C)CC2O)C2CCN(C(=O)C3CCC(Br)C(C)C3NCC)C(CC)C12.[B]=C(C)C=C. The molecule has 0 aromatic carbocycles. The zero-order valence-electron chi connectivity index (χ0n) is 27.7. The zero-order chi connectivity index (χ0) is 31.1. The Morgan fingerprint density at radius 3 is 2.40 bits per heavy atom. The van der Waals surface area contributed by atoms with Crippen molar-refractivity contribution in [3.05, 3.63) is 12.7 Å². The number of carbonyl (C=O) groups is 1. The van der Waals surface area contributed by atoms with Crippen LogP contribution in [0.4, 0.5) is 0 Å². The van der Waals surface area contributed by atoms with Gasteiger partial charge in [-0.3, -0.25) is 10.2 Å². The Morgan fingerprint density at radius 2 is 1.86 bits per heavy atom. The van der Waals surface area contributed by atoms with E-state index in [1.54, 1.807) is 13.0 Å². The minimum absolute atomic E-state index is 0.0672. The van der Waals surface area contributed by atoms with E-state index in [2.05, 4.69) is 84.7 Å². The van der Waals surface area contributed by atoms with Crippen LogP contribution in [0.2, 0.25) is 0 Å². The van der Waals surface area contributed by atoms with Crippen molar-refractivity contribution >= 4 is 34.8 Å². The van der Waals surface area contributed by atoms with Gasteiger partial charge in [0.15, 0.2) is 0 Å². The molecule has 11 unspecified atom stereocenters. The van der Waals surface area contributed by atoms with E-state index in [1.807, 2.05) is 0 Å². The first kappa shape index (κ1) is 35.9. The van der Waals surface area contributed by atoms with Gasteiger partial charge in [-0.25, -0.2) is 5.01 Å². The summed E-state index contributed by atoms with van der Waals surface area (Å²) in [7, 11) is 5.09. The molecule has 239 valence electrons. The average Bonchev–Trinajstić information content (AvgIpc) is 3.33. The summed E-state index contributed by atoms with van der Waals surface area (Å²) in [4.78, 5) is 17.0. The molecule has 42 heavy (non-hydrogen) atoms. The Kier molecular flexibility index (Phi) is 14.3. The number of halogens is 1. The van der Waals surface area contributed by atoms with E-state index in [0.717, 1.165) is 69.9 Å². The van der Waals surface area contributed by atoms with Crippen molar-refractivity contribution < 1.29 is 9.90 Å². The predicted molar refractivity (Wildman–Crippen MR) is 182 cm³/mol. The van der Waals surface area contributed by atoms with Gasteiger partial charge in [-0.05, 0) is 75.7 Å². The summed E-state index contributed by atoms with van der Waals surface area (Å²) in [6.45, 7) is 20.5. The van der Waals surface area contributed by atoms with E-state index in [0.29, 0.717) is 46.5 Å². The molecule has 4 rings (SSSR count). The third-order valence-electron chi connectivity index (χ3n) is 10.9. The first-order chi connectivity index (χ1) is 20.0. The predicted octanol–water partition coefficient (Wildman–Crippen LogP) is 5.48. The van der Waals surface area contributed by atoms with Gasteiger partial charge in [0, 0.05) is 41.5 Å². The van der Waals surface area contributed by atoms with Crippen molar-refractivity contribution in [1.29, 1.82) is 0 Å². The molecule has 4 aliphatic rings. The number of nitrogens with one attached hydrogen (secondary N) is 2. The molecule has 3 N–H and O–H groups in total. The summed E-state index contributed by atoms with van der Waals surface area (Å²) in [6.07, 6.45) is 10.8. The molecule has 2 saturated carbocycles. The van der Waals surface area contributed by atoms with Crippen molar-refractivity contribution in [2.75, 3.05) is 13.1 Å². The summed E-state index contributed by atoms with van der Waals surface area (Å²) in [5.41, 5.74) is 4.71. The monoisotopic (exact) mass is 647 g/mol. The van der Waals surface area contributed by atoms with E-state index in [-0.39, 0.29) is 30.1 Å². The molecule has 0 aromatic heterocycles. The fourth-order valence-electron chi connectivity index (χ4n) is 8.52. The number of hydrazine groups is 1. The van der Waals surface area contributed by atoms with E-state index in [9.17, 15) is 9.90 Å². The van der Waals surface area contributed by atoms with Crippen molar-refractivity contribution in [2.24, 2.45) is 29.6 Å². The number of piperidine rings is 1. The van der Waals surface area contributed by atoms with Crippen LogP contribution in [0.1, 0.15) is 106 Å². The molecule has 8 heteroatoms. The molecule has 2 aliphatic carbocycles. The minimum atomic E-state index is -0.267.